The summed E-state index contributed by atoms with van der Waals surface area (Å²) in [4.78, 5) is 11.3. The van der Waals surface area contributed by atoms with E-state index in [-0.39, 0.29) is 0 Å². The van der Waals surface area contributed by atoms with Gasteiger partial charge in [-0.3, -0.25) is 0 Å². The fraction of sp³-hybridized carbons (Fsp3) is 0.810. The first-order chi connectivity index (χ1) is 12.7. The molecule has 4 nitrogen and oxygen atoms in total. The Morgan fingerprint density at radius 3 is 2.00 bits per heavy atom. The molecule has 0 aromatic carbocycles. The molecule has 1 aromatic rings. The number of hydrogen-bond donors (Lipinski definition) is 0. The zero-order valence-electron chi connectivity index (χ0n) is 16.7. The number of ether oxygens (including phenoxy) is 1. The third-order valence-electron chi connectivity index (χ3n) is 5.10. The molecule has 5 heteroatoms. The molecule has 1 saturated heterocycles. The highest BCUT2D eigenvalue weighted by molar-refractivity contribution is 9.10. The van der Waals surface area contributed by atoms with Gasteiger partial charge in [0, 0.05) is 13.1 Å². The van der Waals surface area contributed by atoms with E-state index >= 15 is 0 Å². The van der Waals surface area contributed by atoms with Crippen LogP contribution in [0.15, 0.2) is 4.47 Å². The van der Waals surface area contributed by atoms with Gasteiger partial charge in [-0.1, -0.05) is 71.1 Å². The molecule has 1 aromatic heterocycles. The minimum Gasteiger partial charge on any atom is -0.477 e. The van der Waals surface area contributed by atoms with Crippen LogP contribution in [0.25, 0.3) is 0 Å². The second-order valence-corrected chi connectivity index (χ2v) is 8.25. The number of nitrogens with zero attached hydrogens (tertiary/aromatic N) is 3. The van der Waals surface area contributed by atoms with Crippen LogP contribution in [0.2, 0.25) is 0 Å². The number of rotatable bonds is 14. The van der Waals surface area contributed by atoms with E-state index in [1.54, 1.807) is 0 Å². The third kappa shape index (κ3) is 7.42. The largest absolute Gasteiger partial charge is 0.477 e. The van der Waals surface area contributed by atoms with Crippen molar-refractivity contribution in [2.75, 3.05) is 24.6 Å². The number of aromatic nitrogens is 2. The van der Waals surface area contributed by atoms with Gasteiger partial charge in [-0.15, -0.1) is 0 Å². The predicted octanol–water partition coefficient (Wildman–Crippen LogP) is 6.45. The Hall–Kier alpha value is -0.840. The van der Waals surface area contributed by atoms with E-state index in [9.17, 15) is 0 Å². The summed E-state index contributed by atoms with van der Waals surface area (Å²) in [7, 11) is 0. The Labute approximate surface area is 168 Å². The first-order valence-corrected chi connectivity index (χ1v) is 11.4. The lowest BCUT2D eigenvalue weighted by atomic mass is 10.1. The summed E-state index contributed by atoms with van der Waals surface area (Å²) in [6, 6.07) is 0. The summed E-state index contributed by atoms with van der Waals surface area (Å²) < 4.78 is 6.83. The molecule has 2 heterocycles. The Morgan fingerprint density at radius 2 is 1.46 bits per heavy atom. The van der Waals surface area contributed by atoms with Gasteiger partial charge in [0.1, 0.15) is 4.47 Å². The second-order valence-electron chi connectivity index (χ2n) is 7.45. The summed E-state index contributed by atoms with van der Waals surface area (Å²) in [6.45, 7) is 7.13. The molecule has 1 aliphatic rings. The van der Waals surface area contributed by atoms with Crippen molar-refractivity contribution in [1.82, 2.24) is 9.97 Å². The van der Waals surface area contributed by atoms with E-state index < -0.39 is 0 Å². The molecule has 0 radical (unpaired) electrons. The van der Waals surface area contributed by atoms with E-state index in [1.807, 2.05) is 6.92 Å². The quantitative estimate of drug-likeness (QED) is 0.321. The average Bonchev–Trinajstić information content (AvgIpc) is 2.58. The van der Waals surface area contributed by atoms with Gasteiger partial charge >= 0.3 is 0 Å². The predicted molar refractivity (Wildman–Crippen MR) is 113 cm³/mol. The van der Waals surface area contributed by atoms with Gasteiger partial charge < -0.3 is 9.64 Å². The highest BCUT2D eigenvalue weighted by atomic mass is 79.9. The molecule has 0 aliphatic carbocycles. The number of hydrogen-bond acceptors (Lipinski definition) is 4. The van der Waals surface area contributed by atoms with Gasteiger partial charge in [0.15, 0.2) is 0 Å². The minimum atomic E-state index is 0.700. The molecule has 0 atom stereocenters. The number of halogens is 1. The lowest BCUT2D eigenvalue weighted by Crippen LogP contribution is -2.38. The van der Waals surface area contributed by atoms with Gasteiger partial charge in [-0.25, -0.2) is 4.98 Å². The zero-order valence-corrected chi connectivity index (χ0v) is 18.3. The maximum Gasteiger partial charge on any atom is 0.233 e. The Bertz CT molecular complexity index is 520. The standard InChI is InChI=1S/C21H36BrN3O/c1-3-4-5-6-7-8-9-10-11-12-13-17-26-20-19(22)18(2)23-21(24-20)25-15-14-16-25/h3-17H2,1-2H3. The number of aryl methyl sites for hydroxylation is 1. The van der Waals surface area contributed by atoms with Crippen LogP contribution < -0.4 is 9.64 Å². The van der Waals surface area contributed by atoms with Crippen molar-refractivity contribution >= 4 is 21.9 Å². The molecule has 0 N–H and O–H groups in total. The maximum absolute atomic E-state index is 5.94. The molecule has 2 rings (SSSR count). The molecule has 0 amide bonds. The third-order valence-corrected chi connectivity index (χ3v) is 6.01. The molecule has 0 unspecified atom stereocenters. The van der Waals surface area contributed by atoms with E-state index in [4.69, 9.17) is 4.74 Å². The van der Waals surface area contributed by atoms with Crippen LogP contribution in [0, 0.1) is 6.92 Å². The molecule has 26 heavy (non-hydrogen) atoms. The Balaban J connectivity index is 1.54. The smallest absolute Gasteiger partial charge is 0.233 e. The lowest BCUT2D eigenvalue weighted by molar-refractivity contribution is 0.290. The lowest BCUT2D eigenvalue weighted by Gasteiger charge is -2.31. The van der Waals surface area contributed by atoms with Crippen molar-refractivity contribution in [3.05, 3.63) is 10.2 Å². The summed E-state index contributed by atoms with van der Waals surface area (Å²) in [5, 5.41) is 0. The van der Waals surface area contributed by atoms with E-state index in [2.05, 4.69) is 37.7 Å². The van der Waals surface area contributed by atoms with E-state index in [0.29, 0.717) is 5.88 Å². The van der Waals surface area contributed by atoms with Crippen LogP contribution in [0.1, 0.15) is 89.7 Å². The van der Waals surface area contributed by atoms with Crippen molar-refractivity contribution in [3.63, 3.8) is 0 Å². The molecule has 0 saturated carbocycles. The van der Waals surface area contributed by atoms with Crippen LogP contribution in [0.5, 0.6) is 5.88 Å². The highest BCUT2D eigenvalue weighted by Crippen LogP contribution is 2.29. The monoisotopic (exact) mass is 425 g/mol. The van der Waals surface area contributed by atoms with Crippen molar-refractivity contribution in [2.45, 2.75) is 90.9 Å². The minimum absolute atomic E-state index is 0.700. The zero-order chi connectivity index (χ0) is 18.6. The van der Waals surface area contributed by atoms with Crippen LogP contribution in [0.4, 0.5) is 5.95 Å². The maximum atomic E-state index is 5.94. The van der Waals surface area contributed by atoms with Gasteiger partial charge in [-0.2, -0.15) is 4.98 Å². The van der Waals surface area contributed by atoms with E-state index in [1.165, 1.54) is 70.6 Å². The van der Waals surface area contributed by atoms with Gasteiger partial charge in [-0.05, 0) is 35.7 Å². The molecule has 1 aliphatic heterocycles. The highest BCUT2D eigenvalue weighted by Gasteiger charge is 2.20. The first kappa shape index (κ1) is 21.5. The number of unbranched alkanes of at least 4 members (excludes halogenated alkanes) is 10. The van der Waals surface area contributed by atoms with Crippen molar-refractivity contribution in [1.29, 1.82) is 0 Å². The van der Waals surface area contributed by atoms with Crippen LogP contribution in [-0.2, 0) is 0 Å². The summed E-state index contributed by atoms with van der Waals surface area (Å²) in [5.74, 6) is 1.51. The number of anilines is 1. The molecule has 1 fully saturated rings. The van der Waals surface area contributed by atoms with Crippen molar-refractivity contribution < 1.29 is 4.74 Å². The molecule has 0 bridgehead atoms. The van der Waals surface area contributed by atoms with Gasteiger partial charge in [0.25, 0.3) is 0 Å². The molecule has 0 spiro atoms. The van der Waals surface area contributed by atoms with Gasteiger partial charge in [0.2, 0.25) is 11.8 Å². The van der Waals surface area contributed by atoms with Crippen molar-refractivity contribution in [2.24, 2.45) is 0 Å². The molecule has 148 valence electrons. The van der Waals surface area contributed by atoms with Crippen molar-refractivity contribution in [3.8, 4) is 5.88 Å². The first-order valence-electron chi connectivity index (χ1n) is 10.6. The van der Waals surface area contributed by atoms with Gasteiger partial charge in [0.05, 0.1) is 12.3 Å². The SMILES string of the molecule is CCCCCCCCCCCCCOc1nc(N2CCC2)nc(C)c1Br. The topological polar surface area (TPSA) is 38.2 Å². The average molecular weight is 426 g/mol. The normalized spacial score (nSPS) is 13.7. The Morgan fingerprint density at radius 1 is 0.885 bits per heavy atom. The second kappa shape index (κ2) is 12.5. The fourth-order valence-corrected chi connectivity index (χ4v) is 3.50. The fourth-order valence-electron chi connectivity index (χ4n) is 3.21. The van der Waals surface area contributed by atoms with Crippen LogP contribution >= 0.6 is 15.9 Å². The summed E-state index contributed by atoms with van der Waals surface area (Å²) >= 11 is 3.57. The Kier molecular flexibility index (Phi) is 10.3. The summed E-state index contributed by atoms with van der Waals surface area (Å²) in [6.07, 6.45) is 16.1. The molecular weight excluding hydrogens is 390 g/mol. The van der Waals surface area contributed by atoms with Crippen LogP contribution in [0.3, 0.4) is 0 Å². The molecular formula is C21H36BrN3O. The summed E-state index contributed by atoms with van der Waals surface area (Å²) in [5.41, 5.74) is 0.954. The van der Waals surface area contributed by atoms with Crippen LogP contribution in [-0.4, -0.2) is 29.7 Å². The van der Waals surface area contributed by atoms with E-state index in [0.717, 1.165) is 42.2 Å².